The van der Waals surface area contributed by atoms with Crippen molar-refractivity contribution in [3.8, 4) is 10.6 Å². The smallest absolute Gasteiger partial charge is 0.225 e. The van der Waals surface area contributed by atoms with Crippen molar-refractivity contribution in [3.05, 3.63) is 65.8 Å². The number of hydrogen-bond acceptors (Lipinski definition) is 4. The third-order valence-electron chi connectivity index (χ3n) is 3.18. The van der Waals surface area contributed by atoms with E-state index in [2.05, 4.69) is 15.3 Å². The Bertz CT molecular complexity index is 741. The van der Waals surface area contributed by atoms with Crippen LogP contribution in [0.1, 0.15) is 12.0 Å². The molecule has 22 heavy (non-hydrogen) atoms. The van der Waals surface area contributed by atoms with Crippen LogP contribution in [0.5, 0.6) is 0 Å². The monoisotopic (exact) mass is 309 g/mol. The molecule has 3 rings (SSSR count). The predicted octanol–water partition coefficient (Wildman–Crippen LogP) is 3.78. The summed E-state index contributed by atoms with van der Waals surface area (Å²) in [5, 5.41) is 5.58. The average molecular weight is 309 g/mol. The topological polar surface area (TPSA) is 54.9 Å². The van der Waals surface area contributed by atoms with Gasteiger partial charge in [-0.2, -0.15) is 0 Å². The molecular formula is C17H15N3OS. The summed E-state index contributed by atoms with van der Waals surface area (Å²) in [5.74, 6) is 0.588. The lowest BCUT2D eigenvalue weighted by Crippen LogP contribution is -2.12. The van der Waals surface area contributed by atoms with Crippen molar-refractivity contribution in [3.63, 3.8) is 0 Å². The maximum atomic E-state index is 12.0. The van der Waals surface area contributed by atoms with Crippen LogP contribution in [0.4, 0.5) is 5.82 Å². The highest BCUT2D eigenvalue weighted by atomic mass is 32.1. The van der Waals surface area contributed by atoms with Gasteiger partial charge in [-0.15, -0.1) is 11.3 Å². The molecule has 2 heterocycles. The Morgan fingerprint density at radius 1 is 1.09 bits per heavy atom. The second kappa shape index (κ2) is 6.95. The number of nitrogens with zero attached hydrogens (tertiary/aromatic N) is 2. The molecular weight excluding hydrogens is 294 g/mol. The van der Waals surface area contributed by atoms with Gasteiger partial charge < -0.3 is 5.32 Å². The number of rotatable bonds is 5. The van der Waals surface area contributed by atoms with Crippen molar-refractivity contribution in [2.75, 3.05) is 5.32 Å². The van der Waals surface area contributed by atoms with Gasteiger partial charge in [0.15, 0.2) is 0 Å². The zero-order valence-corrected chi connectivity index (χ0v) is 12.7. The number of nitrogens with one attached hydrogen (secondary N) is 1. The molecule has 3 aromatic rings. The van der Waals surface area contributed by atoms with Gasteiger partial charge in [-0.1, -0.05) is 30.3 Å². The molecule has 0 aliphatic heterocycles. The van der Waals surface area contributed by atoms with Gasteiger partial charge in [0, 0.05) is 29.8 Å². The molecule has 0 saturated carbocycles. The van der Waals surface area contributed by atoms with Crippen LogP contribution in [0.2, 0.25) is 0 Å². The van der Waals surface area contributed by atoms with Crippen molar-refractivity contribution in [2.45, 2.75) is 12.8 Å². The van der Waals surface area contributed by atoms with Crippen molar-refractivity contribution in [1.82, 2.24) is 9.97 Å². The van der Waals surface area contributed by atoms with Gasteiger partial charge in [-0.05, 0) is 24.1 Å². The summed E-state index contributed by atoms with van der Waals surface area (Å²) in [7, 11) is 0. The van der Waals surface area contributed by atoms with Crippen LogP contribution in [0.3, 0.4) is 0 Å². The minimum Gasteiger partial charge on any atom is -0.310 e. The van der Waals surface area contributed by atoms with E-state index in [0.29, 0.717) is 12.2 Å². The summed E-state index contributed by atoms with van der Waals surface area (Å²) in [4.78, 5) is 20.4. The van der Waals surface area contributed by atoms with Crippen molar-refractivity contribution in [2.24, 2.45) is 0 Å². The molecule has 0 atom stereocenters. The highest BCUT2D eigenvalue weighted by Crippen LogP contribution is 2.25. The summed E-state index contributed by atoms with van der Waals surface area (Å²) >= 11 is 1.51. The van der Waals surface area contributed by atoms with Crippen LogP contribution in [-0.4, -0.2) is 15.9 Å². The van der Waals surface area contributed by atoms with Crippen LogP contribution >= 0.6 is 11.3 Å². The second-order valence-corrected chi connectivity index (χ2v) is 5.67. The number of pyridine rings is 1. The summed E-state index contributed by atoms with van der Waals surface area (Å²) in [6.45, 7) is 0. The first-order valence-electron chi connectivity index (χ1n) is 7.01. The summed E-state index contributed by atoms with van der Waals surface area (Å²) in [5.41, 5.74) is 2.16. The molecule has 0 aliphatic rings. The normalized spacial score (nSPS) is 10.4. The molecule has 0 bridgehead atoms. The van der Waals surface area contributed by atoms with Gasteiger partial charge >= 0.3 is 0 Å². The summed E-state index contributed by atoms with van der Waals surface area (Å²) in [6.07, 6.45) is 4.64. The Labute approximate surface area is 132 Å². The molecule has 1 amide bonds. The molecule has 2 aromatic heterocycles. The lowest BCUT2D eigenvalue weighted by atomic mass is 10.1. The Kier molecular flexibility index (Phi) is 4.56. The van der Waals surface area contributed by atoms with Crippen molar-refractivity contribution < 1.29 is 4.79 Å². The van der Waals surface area contributed by atoms with E-state index in [1.807, 2.05) is 47.8 Å². The first-order chi connectivity index (χ1) is 10.8. The Morgan fingerprint density at radius 2 is 1.86 bits per heavy atom. The highest BCUT2D eigenvalue weighted by Gasteiger charge is 2.08. The summed E-state index contributed by atoms with van der Waals surface area (Å²) < 4.78 is 0. The molecule has 5 heteroatoms. The van der Waals surface area contributed by atoms with Gasteiger partial charge in [0.2, 0.25) is 5.91 Å². The minimum atomic E-state index is -0.0181. The van der Waals surface area contributed by atoms with E-state index in [4.69, 9.17) is 0 Å². The van der Waals surface area contributed by atoms with E-state index in [1.165, 1.54) is 11.3 Å². The maximum absolute atomic E-state index is 12.0. The molecule has 4 nitrogen and oxygen atoms in total. The van der Waals surface area contributed by atoms with Gasteiger partial charge in [-0.25, -0.2) is 4.98 Å². The second-order valence-electron chi connectivity index (χ2n) is 4.81. The fourth-order valence-corrected chi connectivity index (χ4v) is 2.82. The molecule has 110 valence electrons. The van der Waals surface area contributed by atoms with Crippen LogP contribution in [-0.2, 0) is 11.2 Å². The van der Waals surface area contributed by atoms with E-state index < -0.39 is 0 Å². The number of amides is 1. The minimum absolute atomic E-state index is 0.0181. The Morgan fingerprint density at radius 3 is 2.64 bits per heavy atom. The zero-order valence-electron chi connectivity index (χ0n) is 11.9. The Hall–Kier alpha value is -2.53. The number of aryl methyl sites for hydroxylation is 1. The highest BCUT2D eigenvalue weighted by molar-refractivity contribution is 7.13. The third-order valence-corrected chi connectivity index (χ3v) is 4.07. The standard InChI is InChI=1S/C17H15N3OS/c21-16(7-6-13-4-2-1-3-5-13)19-15-12-22-17(20-15)14-8-10-18-11-9-14/h1-5,8-12H,6-7H2,(H,19,21). The number of anilines is 1. The van der Waals surface area contributed by atoms with Crippen molar-refractivity contribution in [1.29, 1.82) is 0 Å². The first kappa shape index (κ1) is 14.4. The Balaban J connectivity index is 1.57. The van der Waals surface area contributed by atoms with E-state index in [-0.39, 0.29) is 5.91 Å². The van der Waals surface area contributed by atoms with E-state index in [0.717, 1.165) is 22.6 Å². The molecule has 1 aromatic carbocycles. The van der Waals surface area contributed by atoms with Crippen LogP contribution < -0.4 is 5.32 Å². The molecule has 0 unspecified atom stereocenters. The number of thiazole rings is 1. The number of carbonyl (C=O) groups excluding carboxylic acids is 1. The number of hydrogen-bond donors (Lipinski definition) is 1. The molecule has 0 aliphatic carbocycles. The fraction of sp³-hybridized carbons (Fsp3) is 0.118. The van der Waals surface area contributed by atoms with Crippen molar-refractivity contribution >= 4 is 23.1 Å². The van der Waals surface area contributed by atoms with Gasteiger partial charge in [0.1, 0.15) is 10.8 Å². The number of benzene rings is 1. The molecule has 0 fully saturated rings. The zero-order chi connectivity index (χ0) is 15.2. The quantitative estimate of drug-likeness (QED) is 0.780. The van der Waals surface area contributed by atoms with E-state index >= 15 is 0 Å². The largest absolute Gasteiger partial charge is 0.310 e. The van der Waals surface area contributed by atoms with E-state index in [1.54, 1.807) is 12.4 Å². The molecule has 0 radical (unpaired) electrons. The predicted molar refractivity (Wildman–Crippen MR) is 88.7 cm³/mol. The molecule has 0 saturated heterocycles. The van der Waals surface area contributed by atoms with Crippen LogP contribution in [0, 0.1) is 0 Å². The summed E-state index contributed by atoms with van der Waals surface area (Å²) in [6, 6.07) is 13.8. The van der Waals surface area contributed by atoms with Gasteiger partial charge in [0.05, 0.1) is 0 Å². The van der Waals surface area contributed by atoms with Gasteiger partial charge in [-0.3, -0.25) is 9.78 Å². The van der Waals surface area contributed by atoms with Gasteiger partial charge in [0.25, 0.3) is 0 Å². The maximum Gasteiger partial charge on any atom is 0.225 e. The fourth-order valence-electron chi connectivity index (χ4n) is 2.07. The number of carbonyl (C=O) groups is 1. The van der Waals surface area contributed by atoms with Crippen LogP contribution in [0.15, 0.2) is 60.2 Å². The van der Waals surface area contributed by atoms with Crippen LogP contribution in [0.25, 0.3) is 10.6 Å². The lowest BCUT2D eigenvalue weighted by molar-refractivity contribution is -0.116. The number of aromatic nitrogens is 2. The average Bonchev–Trinajstić information content (AvgIpc) is 3.03. The molecule has 1 N–H and O–H groups in total. The molecule has 0 spiro atoms. The SMILES string of the molecule is O=C(CCc1ccccc1)Nc1csc(-c2ccncc2)n1. The third kappa shape index (κ3) is 3.77. The first-order valence-corrected chi connectivity index (χ1v) is 7.89. The van der Waals surface area contributed by atoms with E-state index in [9.17, 15) is 4.79 Å². The lowest BCUT2D eigenvalue weighted by Gasteiger charge is -2.02.